The van der Waals surface area contributed by atoms with Crippen molar-refractivity contribution in [2.24, 2.45) is 0 Å². The summed E-state index contributed by atoms with van der Waals surface area (Å²) in [4.78, 5) is 17.2. The second-order valence-electron chi connectivity index (χ2n) is 6.85. The molecule has 1 unspecified atom stereocenters. The average Bonchev–Trinajstić information content (AvgIpc) is 2.81. The Morgan fingerprint density at radius 1 is 1.19 bits per heavy atom. The molecule has 1 heterocycles. The van der Waals surface area contributed by atoms with Gasteiger partial charge in [-0.3, -0.25) is 4.79 Å². The Morgan fingerprint density at radius 2 is 1.92 bits per heavy atom. The number of carbonyl (C=O) groups excluding carboxylic acids is 1. The molecule has 0 spiro atoms. The molecule has 0 aromatic heterocycles. The Kier molecular flexibility index (Phi) is 5.78. The fraction of sp³-hybridized carbons (Fsp3) is 0.381. The van der Waals surface area contributed by atoms with Crippen LogP contribution in [0.2, 0.25) is 0 Å². The van der Waals surface area contributed by atoms with Crippen molar-refractivity contribution in [2.75, 3.05) is 34.4 Å². The molecule has 0 aliphatic carbocycles. The van der Waals surface area contributed by atoms with Gasteiger partial charge in [0.15, 0.2) is 0 Å². The normalized spacial score (nSPS) is 16.6. The number of methoxy groups -OCH3 is 1. The summed E-state index contributed by atoms with van der Waals surface area (Å²) in [5.74, 6) is 1.70. The third-order valence-electron chi connectivity index (χ3n) is 4.62. The third-order valence-corrected chi connectivity index (χ3v) is 4.62. The van der Waals surface area contributed by atoms with Gasteiger partial charge in [0.1, 0.15) is 18.1 Å². The highest BCUT2D eigenvalue weighted by molar-refractivity contribution is 5.80. The minimum Gasteiger partial charge on any atom is -0.496 e. The van der Waals surface area contributed by atoms with Gasteiger partial charge in [0.25, 0.3) is 0 Å². The Bertz CT molecular complexity index is 760. The number of para-hydroxylation sites is 2. The summed E-state index contributed by atoms with van der Waals surface area (Å²) in [6, 6.07) is 15.6. The molecule has 0 fully saturated rings. The smallest absolute Gasteiger partial charge is 0.227 e. The van der Waals surface area contributed by atoms with Crippen LogP contribution >= 0.6 is 0 Å². The van der Waals surface area contributed by atoms with Gasteiger partial charge in [-0.05, 0) is 26.2 Å². The Balaban J connectivity index is 1.85. The van der Waals surface area contributed by atoms with E-state index >= 15 is 0 Å². The monoisotopic (exact) mass is 354 g/mol. The molecule has 1 aliphatic rings. The number of carbonyl (C=O) groups is 1. The van der Waals surface area contributed by atoms with Crippen molar-refractivity contribution in [1.29, 1.82) is 0 Å². The van der Waals surface area contributed by atoms with Crippen molar-refractivity contribution >= 4 is 5.91 Å². The van der Waals surface area contributed by atoms with Crippen LogP contribution in [0.1, 0.15) is 11.1 Å². The first-order valence-corrected chi connectivity index (χ1v) is 8.85. The van der Waals surface area contributed by atoms with Crippen molar-refractivity contribution in [3.63, 3.8) is 0 Å². The second kappa shape index (κ2) is 8.23. The molecular formula is C21H26N2O3. The molecule has 1 aliphatic heterocycles. The first-order valence-electron chi connectivity index (χ1n) is 8.85. The standard InChI is InChI=1S/C21H26N2O3/c1-22(2)14-18-15-26-20-11-7-5-9-17(20)13-23(18)21(24)12-16-8-4-6-10-19(16)25-3/h4-11,18H,12-15H2,1-3H3. The summed E-state index contributed by atoms with van der Waals surface area (Å²) >= 11 is 0. The maximum atomic E-state index is 13.2. The summed E-state index contributed by atoms with van der Waals surface area (Å²) in [5.41, 5.74) is 1.95. The van der Waals surface area contributed by atoms with E-state index in [4.69, 9.17) is 9.47 Å². The van der Waals surface area contributed by atoms with Crippen LogP contribution in [0.3, 0.4) is 0 Å². The SMILES string of the molecule is COc1ccccc1CC(=O)N1Cc2ccccc2OCC1CN(C)C. The predicted molar refractivity (Wildman–Crippen MR) is 102 cm³/mol. The van der Waals surface area contributed by atoms with Gasteiger partial charge in [-0.2, -0.15) is 0 Å². The van der Waals surface area contributed by atoms with Crippen LogP contribution in [0.5, 0.6) is 11.5 Å². The van der Waals surface area contributed by atoms with E-state index in [1.807, 2.05) is 67.5 Å². The van der Waals surface area contributed by atoms with Gasteiger partial charge in [-0.25, -0.2) is 0 Å². The summed E-state index contributed by atoms with van der Waals surface area (Å²) in [6.07, 6.45) is 0.316. The summed E-state index contributed by atoms with van der Waals surface area (Å²) in [5, 5.41) is 0. The van der Waals surface area contributed by atoms with Crippen LogP contribution in [0.25, 0.3) is 0 Å². The van der Waals surface area contributed by atoms with Gasteiger partial charge in [-0.15, -0.1) is 0 Å². The molecule has 2 aromatic rings. The summed E-state index contributed by atoms with van der Waals surface area (Å²) in [7, 11) is 5.66. The molecule has 138 valence electrons. The Hall–Kier alpha value is -2.53. The fourth-order valence-corrected chi connectivity index (χ4v) is 3.34. The molecule has 2 aromatic carbocycles. The Morgan fingerprint density at radius 3 is 2.69 bits per heavy atom. The van der Waals surface area contributed by atoms with Crippen LogP contribution < -0.4 is 9.47 Å². The van der Waals surface area contributed by atoms with Crippen molar-refractivity contribution < 1.29 is 14.3 Å². The number of nitrogens with zero attached hydrogens (tertiary/aromatic N) is 2. The van der Waals surface area contributed by atoms with E-state index < -0.39 is 0 Å². The number of hydrogen-bond acceptors (Lipinski definition) is 4. The zero-order chi connectivity index (χ0) is 18.5. The van der Waals surface area contributed by atoms with E-state index in [9.17, 15) is 4.79 Å². The minimum absolute atomic E-state index is 0.000364. The number of rotatable bonds is 5. The molecule has 0 N–H and O–H groups in total. The molecule has 1 amide bonds. The quantitative estimate of drug-likeness (QED) is 0.828. The van der Waals surface area contributed by atoms with Gasteiger partial charge in [-0.1, -0.05) is 36.4 Å². The van der Waals surface area contributed by atoms with Gasteiger partial charge < -0.3 is 19.3 Å². The molecule has 0 radical (unpaired) electrons. The molecule has 5 heteroatoms. The van der Waals surface area contributed by atoms with Gasteiger partial charge >= 0.3 is 0 Å². The maximum Gasteiger partial charge on any atom is 0.227 e. The lowest BCUT2D eigenvalue weighted by Gasteiger charge is -2.31. The van der Waals surface area contributed by atoms with Crippen molar-refractivity contribution in [3.05, 3.63) is 59.7 Å². The van der Waals surface area contributed by atoms with Crippen LogP contribution in [-0.2, 0) is 17.8 Å². The average molecular weight is 354 g/mol. The molecule has 0 bridgehead atoms. The molecule has 1 atom stereocenters. The number of benzene rings is 2. The summed E-state index contributed by atoms with van der Waals surface area (Å²) < 4.78 is 11.4. The number of ether oxygens (including phenoxy) is 2. The second-order valence-corrected chi connectivity index (χ2v) is 6.85. The topological polar surface area (TPSA) is 42.0 Å². The van der Waals surface area contributed by atoms with E-state index in [2.05, 4.69) is 4.90 Å². The molecule has 26 heavy (non-hydrogen) atoms. The molecule has 0 saturated carbocycles. The molecular weight excluding hydrogens is 328 g/mol. The first kappa shape index (κ1) is 18.3. The summed E-state index contributed by atoms with van der Waals surface area (Å²) in [6.45, 7) is 1.81. The van der Waals surface area contributed by atoms with Crippen LogP contribution in [0, 0.1) is 0 Å². The highest BCUT2D eigenvalue weighted by Gasteiger charge is 2.29. The number of hydrogen-bond donors (Lipinski definition) is 0. The van der Waals surface area contributed by atoms with Crippen LogP contribution in [0.15, 0.2) is 48.5 Å². The van der Waals surface area contributed by atoms with Gasteiger partial charge in [0.05, 0.1) is 19.6 Å². The number of amides is 1. The Labute approximate surface area is 155 Å². The highest BCUT2D eigenvalue weighted by Crippen LogP contribution is 2.26. The lowest BCUT2D eigenvalue weighted by Crippen LogP contribution is -2.47. The number of likely N-dealkylation sites (N-methyl/N-ethyl adjacent to an activating group) is 1. The van der Waals surface area contributed by atoms with E-state index in [1.54, 1.807) is 7.11 Å². The lowest BCUT2D eigenvalue weighted by molar-refractivity contribution is -0.134. The van der Waals surface area contributed by atoms with E-state index in [1.165, 1.54) is 0 Å². The van der Waals surface area contributed by atoms with E-state index in [0.29, 0.717) is 19.6 Å². The highest BCUT2D eigenvalue weighted by atomic mass is 16.5. The molecule has 5 nitrogen and oxygen atoms in total. The fourth-order valence-electron chi connectivity index (χ4n) is 3.34. The van der Waals surface area contributed by atoms with Crippen LogP contribution in [-0.4, -0.2) is 56.1 Å². The van der Waals surface area contributed by atoms with Crippen molar-refractivity contribution in [3.8, 4) is 11.5 Å². The zero-order valence-corrected chi connectivity index (χ0v) is 15.6. The minimum atomic E-state index is -0.000364. The van der Waals surface area contributed by atoms with Crippen LogP contribution in [0.4, 0.5) is 0 Å². The molecule has 3 rings (SSSR count). The van der Waals surface area contributed by atoms with Gasteiger partial charge in [0.2, 0.25) is 5.91 Å². The van der Waals surface area contributed by atoms with Gasteiger partial charge in [0, 0.05) is 24.2 Å². The first-order chi connectivity index (χ1) is 12.6. The largest absolute Gasteiger partial charge is 0.496 e. The number of fused-ring (bicyclic) bond motifs is 1. The lowest BCUT2D eigenvalue weighted by atomic mass is 10.1. The van der Waals surface area contributed by atoms with Crippen molar-refractivity contribution in [2.45, 2.75) is 19.0 Å². The predicted octanol–water partition coefficient (Wildman–Crippen LogP) is 2.59. The third kappa shape index (κ3) is 4.17. The zero-order valence-electron chi connectivity index (χ0n) is 15.6. The molecule has 0 saturated heterocycles. The van der Waals surface area contributed by atoms with Crippen molar-refractivity contribution in [1.82, 2.24) is 9.80 Å². The van der Waals surface area contributed by atoms with E-state index in [-0.39, 0.29) is 11.9 Å². The maximum absolute atomic E-state index is 13.2. The van der Waals surface area contributed by atoms with E-state index in [0.717, 1.165) is 29.2 Å².